The number of hydrogen-bond donors (Lipinski definition) is 2. The summed E-state index contributed by atoms with van der Waals surface area (Å²) in [4.78, 5) is 0. The molecule has 0 saturated heterocycles. The molecule has 0 unspecified atom stereocenters. The number of benzene rings is 1. The smallest absolute Gasteiger partial charge is 0.167 e. The summed E-state index contributed by atoms with van der Waals surface area (Å²) in [5.74, 6) is -0.778. The number of halogens is 1. The summed E-state index contributed by atoms with van der Waals surface area (Å²) < 4.78 is 13.0. The van der Waals surface area contributed by atoms with Crippen LogP contribution in [0, 0.1) is 12.7 Å². The first-order valence-electron chi connectivity index (χ1n) is 4.27. The highest BCUT2D eigenvalue weighted by Crippen LogP contribution is 2.21. The maximum absolute atomic E-state index is 13.0. The van der Waals surface area contributed by atoms with Crippen LogP contribution in [0.4, 0.5) is 4.39 Å². The molecule has 0 spiro atoms. The third-order valence-corrected chi connectivity index (χ3v) is 1.96. The third-order valence-electron chi connectivity index (χ3n) is 1.96. The number of rotatable bonds is 3. The summed E-state index contributed by atoms with van der Waals surface area (Å²) >= 11 is 0. The van der Waals surface area contributed by atoms with E-state index in [0.29, 0.717) is 5.56 Å². The monoisotopic (exact) mass is 183 g/mol. The van der Waals surface area contributed by atoms with Gasteiger partial charge in [-0.05, 0) is 44.1 Å². The van der Waals surface area contributed by atoms with Crippen molar-refractivity contribution in [2.24, 2.45) is 0 Å². The van der Waals surface area contributed by atoms with E-state index in [4.69, 9.17) is 0 Å². The molecule has 1 rings (SSSR count). The summed E-state index contributed by atoms with van der Waals surface area (Å²) in [5.41, 5.74) is 1.44. The highest BCUT2D eigenvalue weighted by molar-refractivity contribution is 5.34. The van der Waals surface area contributed by atoms with Gasteiger partial charge in [0, 0.05) is 0 Å². The van der Waals surface area contributed by atoms with Crippen molar-refractivity contribution in [1.82, 2.24) is 5.32 Å². The maximum Gasteiger partial charge on any atom is 0.167 e. The summed E-state index contributed by atoms with van der Waals surface area (Å²) in [7, 11) is 1.86. The lowest BCUT2D eigenvalue weighted by Gasteiger charge is -2.05. The van der Waals surface area contributed by atoms with Gasteiger partial charge in [0.15, 0.2) is 11.6 Å². The highest BCUT2D eigenvalue weighted by atomic mass is 19.1. The summed E-state index contributed by atoms with van der Waals surface area (Å²) in [6.07, 6.45) is 0.797. The number of nitrogens with one attached hydrogen (secondary N) is 1. The third kappa shape index (κ3) is 2.42. The Bertz CT molecular complexity index is 276. The van der Waals surface area contributed by atoms with Crippen LogP contribution >= 0.6 is 0 Å². The predicted molar refractivity (Wildman–Crippen MR) is 50.4 cm³/mol. The van der Waals surface area contributed by atoms with Crippen molar-refractivity contribution in [2.75, 3.05) is 13.6 Å². The fraction of sp³-hybridized carbons (Fsp3) is 0.400. The quantitative estimate of drug-likeness (QED) is 0.746. The highest BCUT2D eigenvalue weighted by Gasteiger charge is 2.05. The summed E-state index contributed by atoms with van der Waals surface area (Å²) in [5, 5.41) is 12.2. The molecular formula is C10H14FNO. The lowest BCUT2D eigenvalue weighted by Crippen LogP contribution is -2.10. The molecule has 72 valence electrons. The lowest BCUT2D eigenvalue weighted by atomic mass is 10.1. The second-order valence-electron chi connectivity index (χ2n) is 3.10. The van der Waals surface area contributed by atoms with Crippen molar-refractivity contribution in [1.29, 1.82) is 0 Å². The predicted octanol–water partition coefficient (Wildman–Crippen LogP) is 1.60. The van der Waals surface area contributed by atoms with E-state index in [9.17, 15) is 9.50 Å². The molecule has 0 aliphatic rings. The molecule has 0 fully saturated rings. The van der Waals surface area contributed by atoms with Crippen LogP contribution in [0.2, 0.25) is 0 Å². The minimum absolute atomic E-state index is 0.258. The number of likely N-dealkylation sites (N-methyl/N-ethyl adjacent to an activating group) is 1. The Balaban J connectivity index is 2.86. The van der Waals surface area contributed by atoms with E-state index in [1.807, 2.05) is 7.05 Å². The molecule has 2 N–H and O–H groups in total. The van der Waals surface area contributed by atoms with Crippen molar-refractivity contribution in [3.05, 3.63) is 29.1 Å². The summed E-state index contributed by atoms with van der Waals surface area (Å²) in [6, 6.07) is 3.23. The zero-order chi connectivity index (χ0) is 9.84. The van der Waals surface area contributed by atoms with E-state index in [0.717, 1.165) is 18.5 Å². The Labute approximate surface area is 77.4 Å². The molecule has 0 atom stereocenters. The molecular weight excluding hydrogens is 169 g/mol. The van der Waals surface area contributed by atoms with Crippen LogP contribution < -0.4 is 5.32 Å². The van der Waals surface area contributed by atoms with Gasteiger partial charge in [-0.15, -0.1) is 0 Å². The number of aromatic hydroxyl groups is 1. The SMILES string of the molecule is CNCCc1cc(C)c(F)c(O)c1. The van der Waals surface area contributed by atoms with E-state index >= 15 is 0 Å². The van der Waals surface area contributed by atoms with Crippen molar-refractivity contribution in [3.8, 4) is 5.75 Å². The van der Waals surface area contributed by atoms with E-state index in [-0.39, 0.29) is 5.75 Å². The fourth-order valence-electron chi connectivity index (χ4n) is 1.24. The number of phenols is 1. The van der Waals surface area contributed by atoms with Gasteiger partial charge < -0.3 is 10.4 Å². The molecule has 0 aromatic heterocycles. The van der Waals surface area contributed by atoms with E-state index in [2.05, 4.69) is 5.32 Å². The molecule has 3 heteroatoms. The van der Waals surface area contributed by atoms with Gasteiger partial charge in [-0.3, -0.25) is 0 Å². The van der Waals surface area contributed by atoms with E-state index in [1.165, 1.54) is 6.07 Å². The molecule has 0 aliphatic carbocycles. The second kappa shape index (κ2) is 4.23. The molecule has 0 radical (unpaired) electrons. The second-order valence-corrected chi connectivity index (χ2v) is 3.10. The van der Waals surface area contributed by atoms with Crippen LogP contribution in [0.3, 0.4) is 0 Å². The van der Waals surface area contributed by atoms with Crippen LogP contribution in [0.15, 0.2) is 12.1 Å². The minimum atomic E-state index is -0.520. The topological polar surface area (TPSA) is 32.3 Å². The average molecular weight is 183 g/mol. The number of hydrogen-bond acceptors (Lipinski definition) is 2. The van der Waals surface area contributed by atoms with Gasteiger partial charge in [0.25, 0.3) is 0 Å². The van der Waals surface area contributed by atoms with Gasteiger partial charge >= 0.3 is 0 Å². The van der Waals surface area contributed by atoms with Gasteiger partial charge in [-0.2, -0.15) is 0 Å². The van der Waals surface area contributed by atoms with Crippen LogP contribution in [-0.4, -0.2) is 18.7 Å². The first kappa shape index (κ1) is 9.99. The molecule has 0 aliphatic heterocycles. The van der Waals surface area contributed by atoms with E-state index in [1.54, 1.807) is 13.0 Å². The van der Waals surface area contributed by atoms with Crippen molar-refractivity contribution < 1.29 is 9.50 Å². The molecule has 1 aromatic rings. The molecule has 0 saturated carbocycles. The maximum atomic E-state index is 13.0. The van der Waals surface area contributed by atoms with Crippen LogP contribution in [0.1, 0.15) is 11.1 Å². The first-order chi connectivity index (χ1) is 6.15. The van der Waals surface area contributed by atoms with Crippen LogP contribution in [0.25, 0.3) is 0 Å². The largest absolute Gasteiger partial charge is 0.505 e. The average Bonchev–Trinajstić information content (AvgIpc) is 2.10. The Hall–Kier alpha value is -1.09. The van der Waals surface area contributed by atoms with E-state index < -0.39 is 5.82 Å². The molecule has 2 nitrogen and oxygen atoms in total. The Morgan fingerprint density at radius 2 is 2.15 bits per heavy atom. The van der Waals surface area contributed by atoms with Crippen LogP contribution in [0.5, 0.6) is 5.75 Å². The minimum Gasteiger partial charge on any atom is -0.505 e. The first-order valence-corrected chi connectivity index (χ1v) is 4.27. The summed E-state index contributed by atoms with van der Waals surface area (Å²) in [6.45, 7) is 2.47. The van der Waals surface area contributed by atoms with Gasteiger partial charge in [-0.25, -0.2) is 4.39 Å². The Kier molecular flexibility index (Phi) is 3.25. The van der Waals surface area contributed by atoms with Gasteiger partial charge in [0.2, 0.25) is 0 Å². The van der Waals surface area contributed by atoms with Gasteiger partial charge in [0.05, 0.1) is 0 Å². The molecule has 13 heavy (non-hydrogen) atoms. The van der Waals surface area contributed by atoms with Crippen molar-refractivity contribution in [3.63, 3.8) is 0 Å². The zero-order valence-corrected chi connectivity index (χ0v) is 7.89. The molecule has 1 aromatic carbocycles. The van der Waals surface area contributed by atoms with Gasteiger partial charge in [0.1, 0.15) is 0 Å². The van der Waals surface area contributed by atoms with Gasteiger partial charge in [-0.1, -0.05) is 6.07 Å². The van der Waals surface area contributed by atoms with Crippen molar-refractivity contribution in [2.45, 2.75) is 13.3 Å². The lowest BCUT2D eigenvalue weighted by molar-refractivity contribution is 0.429. The molecule has 0 amide bonds. The number of aryl methyl sites for hydroxylation is 1. The van der Waals surface area contributed by atoms with Crippen LogP contribution in [-0.2, 0) is 6.42 Å². The fourth-order valence-corrected chi connectivity index (χ4v) is 1.24. The zero-order valence-electron chi connectivity index (χ0n) is 7.89. The molecule has 0 heterocycles. The Morgan fingerprint density at radius 1 is 1.46 bits per heavy atom. The normalized spacial score (nSPS) is 10.4. The Morgan fingerprint density at radius 3 is 2.69 bits per heavy atom. The van der Waals surface area contributed by atoms with Crippen molar-refractivity contribution >= 4 is 0 Å². The standard InChI is InChI=1S/C10H14FNO/c1-7-5-8(3-4-12-2)6-9(13)10(7)11/h5-6,12-13H,3-4H2,1-2H3. The number of phenolic OH excluding ortho intramolecular Hbond substituents is 1. The molecule has 0 bridgehead atoms.